The van der Waals surface area contributed by atoms with Crippen LogP contribution in [0.4, 0.5) is 0 Å². The number of halogens is 1. The van der Waals surface area contributed by atoms with Crippen molar-refractivity contribution in [2.75, 3.05) is 26.2 Å². The van der Waals surface area contributed by atoms with E-state index in [2.05, 4.69) is 20.9 Å². The second-order valence-corrected chi connectivity index (χ2v) is 7.88. The zero-order valence-electron chi connectivity index (χ0n) is 12.6. The predicted octanol–water partition coefficient (Wildman–Crippen LogP) is 3.33. The molecule has 0 spiro atoms. The maximum absolute atomic E-state index is 12.6. The van der Waals surface area contributed by atoms with E-state index in [1.807, 2.05) is 28.7 Å². The van der Waals surface area contributed by atoms with Crippen molar-refractivity contribution in [2.24, 2.45) is 0 Å². The molecule has 1 aliphatic rings. The number of piperazine rings is 1. The molecule has 0 atom stereocenters. The molecular formula is C15H16BrN3O2S2. The third-order valence-electron chi connectivity index (χ3n) is 3.72. The van der Waals surface area contributed by atoms with E-state index in [0.717, 1.165) is 14.4 Å². The van der Waals surface area contributed by atoms with Gasteiger partial charge in [-0.25, -0.2) is 4.98 Å². The van der Waals surface area contributed by atoms with Gasteiger partial charge in [0.1, 0.15) is 10.7 Å². The zero-order chi connectivity index (χ0) is 16.4. The van der Waals surface area contributed by atoms with E-state index in [1.165, 1.54) is 11.3 Å². The SMILES string of the molecule is CCC(=O)N1CCN(C(=O)c2csc(-c3cc(Br)cs3)n2)CC1. The Morgan fingerprint density at radius 2 is 1.87 bits per heavy atom. The van der Waals surface area contributed by atoms with Crippen LogP contribution in [0.1, 0.15) is 23.8 Å². The van der Waals surface area contributed by atoms with Gasteiger partial charge in [0.15, 0.2) is 0 Å². The van der Waals surface area contributed by atoms with E-state index < -0.39 is 0 Å². The van der Waals surface area contributed by atoms with Crippen molar-refractivity contribution in [3.63, 3.8) is 0 Å². The molecule has 0 N–H and O–H groups in total. The van der Waals surface area contributed by atoms with Crippen molar-refractivity contribution in [3.05, 3.63) is 27.0 Å². The lowest BCUT2D eigenvalue weighted by Gasteiger charge is -2.34. The van der Waals surface area contributed by atoms with Crippen molar-refractivity contribution in [2.45, 2.75) is 13.3 Å². The molecule has 0 unspecified atom stereocenters. The van der Waals surface area contributed by atoms with Crippen molar-refractivity contribution >= 4 is 50.4 Å². The molecule has 0 radical (unpaired) electrons. The number of aromatic nitrogens is 1. The van der Waals surface area contributed by atoms with E-state index in [9.17, 15) is 9.59 Å². The van der Waals surface area contributed by atoms with Gasteiger partial charge >= 0.3 is 0 Å². The molecule has 2 aromatic heterocycles. The highest BCUT2D eigenvalue weighted by Gasteiger charge is 2.25. The Labute approximate surface area is 151 Å². The topological polar surface area (TPSA) is 53.5 Å². The summed E-state index contributed by atoms with van der Waals surface area (Å²) in [7, 11) is 0. The fraction of sp³-hybridized carbons (Fsp3) is 0.400. The van der Waals surface area contributed by atoms with Crippen LogP contribution in [-0.4, -0.2) is 52.8 Å². The summed E-state index contributed by atoms with van der Waals surface area (Å²) in [5.41, 5.74) is 0.491. The van der Waals surface area contributed by atoms with Crippen LogP contribution in [0.15, 0.2) is 21.3 Å². The molecule has 2 aromatic rings. The number of carbonyl (C=O) groups is 2. The summed E-state index contributed by atoms with van der Waals surface area (Å²) in [5.74, 6) is 0.100. The highest BCUT2D eigenvalue weighted by atomic mass is 79.9. The van der Waals surface area contributed by atoms with Gasteiger partial charge in [0.2, 0.25) is 5.91 Å². The molecule has 23 heavy (non-hydrogen) atoms. The van der Waals surface area contributed by atoms with Crippen molar-refractivity contribution in [1.82, 2.24) is 14.8 Å². The Kier molecular flexibility index (Phi) is 5.13. The molecule has 5 nitrogen and oxygen atoms in total. The first-order valence-corrected chi connectivity index (χ1v) is 9.90. The molecule has 1 aliphatic heterocycles. The minimum absolute atomic E-state index is 0.0493. The number of carbonyl (C=O) groups excluding carboxylic acids is 2. The first-order chi connectivity index (χ1) is 11.1. The molecule has 1 fully saturated rings. The maximum atomic E-state index is 12.6. The normalized spacial score (nSPS) is 15.0. The van der Waals surface area contributed by atoms with Crippen LogP contribution in [-0.2, 0) is 4.79 Å². The van der Waals surface area contributed by atoms with E-state index >= 15 is 0 Å². The summed E-state index contributed by atoms with van der Waals surface area (Å²) in [5, 5.41) is 4.68. The van der Waals surface area contributed by atoms with Crippen molar-refractivity contribution in [3.8, 4) is 9.88 Å². The summed E-state index contributed by atoms with van der Waals surface area (Å²) in [6, 6.07) is 2.01. The monoisotopic (exact) mass is 413 g/mol. The molecule has 0 aliphatic carbocycles. The summed E-state index contributed by atoms with van der Waals surface area (Å²) in [4.78, 5) is 33.4. The van der Waals surface area contributed by atoms with Crippen LogP contribution >= 0.6 is 38.6 Å². The van der Waals surface area contributed by atoms with Gasteiger partial charge in [-0.05, 0) is 22.0 Å². The second kappa shape index (κ2) is 7.11. The molecule has 3 rings (SSSR count). The van der Waals surface area contributed by atoms with Gasteiger partial charge < -0.3 is 9.80 Å². The van der Waals surface area contributed by atoms with Crippen LogP contribution < -0.4 is 0 Å². The highest BCUT2D eigenvalue weighted by molar-refractivity contribution is 9.10. The van der Waals surface area contributed by atoms with Gasteiger partial charge in [-0.2, -0.15) is 0 Å². The van der Waals surface area contributed by atoms with E-state index in [0.29, 0.717) is 38.3 Å². The van der Waals surface area contributed by atoms with Gasteiger partial charge in [-0.1, -0.05) is 6.92 Å². The molecular weight excluding hydrogens is 398 g/mol. The summed E-state index contributed by atoms with van der Waals surface area (Å²) in [6.07, 6.45) is 0.514. The number of thiazole rings is 1. The van der Waals surface area contributed by atoms with Crippen LogP contribution in [0.2, 0.25) is 0 Å². The lowest BCUT2D eigenvalue weighted by atomic mass is 10.2. The molecule has 3 heterocycles. The lowest BCUT2D eigenvalue weighted by Crippen LogP contribution is -2.50. The van der Waals surface area contributed by atoms with E-state index in [4.69, 9.17) is 0 Å². The van der Waals surface area contributed by atoms with Gasteiger partial charge in [0.05, 0.1) is 4.88 Å². The van der Waals surface area contributed by atoms with Gasteiger partial charge in [0, 0.05) is 47.8 Å². The maximum Gasteiger partial charge on any atom is 0.273 e. The molecule has 122 valence electrons. The quantitative estimate of drug-likeness (QED) is 0.774. The van der Waals surface area contributed by atoms with Crippen LogP contribution in [0.25, 0.3) is 9.88 Å². The van der Waals surface area contributed by atoms with Gasteiger partial charge in [-0.15, -0.1) is 22.7 Å². The fourth-order valence-electron chi connectivity index (χ4n) is 2.45. The molecule has 0 aromatic carbocycles. The third-order valence-corrected chi connectivity index (χ3v) is 6.43. The van der Waals surface area contributed by atoms with Crippen molar-refractivity contribution in [1.29, 1.82) is 0 Å². The highest BCUT2D eigenvalue weighted by Crippen LogP contribution is 2.32. The third kappa shape index (κ3) is 3.64. The Morgan fingerprint density at radius 1 is 1.17 bits per heavy atom. The number of hydrogen-bond donors (Lipinski definition) is 0. The number of amides is 2. The van der Waals surface area contributed by atoms with Crippen molar-refractivity contribution < 1.29 is 9.59 Å². The van der Waals surface area contributed by atoms with E-state index in [-0.39, 0.29) is 11.8 Å². The molecule has 2 amide bonds. The van der Waals surface area contributed by atoms with Crippen LogP contribution in [0.3, 0.4) is 0 Å². The number of thiophene rings is 1. The molecule has 8 heteroatoms. The van der Waals surface area contributed by atoms with Gasteiger partial charge in [-0.3, -0.25) is 9.59 Å². The Bertz CT molecular complexity index is 720. The minimum atomic E-state index is -0.0493. The first-order valence-electron chi connectivity index (χ1n) is 7.35. The summed E-state index contributed by atoms with van der Waals surface area (Å²) in [6.45, 7) is 4.21. The second-order valence-electron chi connectivity index (χ2n) is 5.19. The number of nitrogens with zero attached hydrogens (tertiary/aromatic N) is 3. The first kappa shape index (κ1) is 16.6. The number of rotatable bonds is 3. The average molecular weight is 414 g/mol. The lowest BCUT2D eigenvalue weighted by molar-refractivity contribution is -0.132. The summed E-state index contributed by atoms with van der Waals surface area (Å²) < 4.78 is 1.03. The average Bonchev–Trinajstić information content (AvgIpc) is 3.22. The predicted molar refractivity (Wildman–Crippen MR) is 95.9 cm³/mol. The van der Waals surface area contributed by atoms with E-state index in [1.54, 1.807) is 16.2 Å². The Hall–Kier alpha value is -1.25. The van der Waals surface area contributed by atoms with Crippen LogP contribution in [0.5, 0.6) is 0 Å². The molecule has 0 saturated carbocycles. The summed E-state index contributed by atoms with van der Waals surface area (Å²) >= 11 is 6.52. The largest absolute Gasteiger partial charge is 0.339 e. The Balaban J connectivity index is 1.65. The minimum Gasteiger partial charge on any atom is -0.339 e. The fourth-order valence-corrected chi connectivity index (χ4v) is 4.76. The Morgan fingerprint density at radius 3 is 2.48 bits per heavy atom. The number of hydrogen-bond acceptors (Lipinski definition) is 5. The molecule has 1 saturated heterocycles. The van der Waals surface area contributed by atoms with Gasteiger partial charge in [0.25, 0.3) is 5.91 Å². The van der Waals surface area contributed by atoms with Crippen LogP contribution in [0, 0.1) is 0 Å². The standard InChI is InChI=1S/C15H16BrN3O2S2/c1-2-13(20)18-3-5-19(6-4-18)15(21)11-9-23-14(17-11)12-7-10(16)8-22-12/h7-9H,2-6H2,1H3. The zero-order valence-corrected chi connectivity index (χ0v) is 15.8. The smallest absolute Gasteiger partial charge is 0.273 e. The molecule has 0 bridgehead atoms.